The predicted molar refractivity (Wildman–Crippen MR) is 569 cm³/mol. The van der Waals surface area contributed by atoms with Crippen molar-refractivity contribution in [3.63, 3.8) is 0 Å². The van der Waals surface area contributed by atoms with Crippen LogP contribution in [0.2, 0.25) is 63.0 Å². The predicted octanol–water partition coefficient (Wildman–Crippen LogP) is 30.0. The van der Waals surface area contributed by atoms with Crippen LogP contribution < -0.4 is 23.7 Å². The zero-order chi connectivity index (χ0) is 97.0. The zero-order valence-electron chi connectivity index (χ0n) is 80.3. The topological polar surface area (TPSA) is 178 Å². The van der Waals surface area contributed by atoms with Crippen LogP contribution in [0.5, 0.6) is 28.7 Å². The van der Waals surface area contributed by atoms with Gasteiger partial charge in [0.1, 0.15) is 28.7 Å². The van der Waals surface area contributed by atoms with Gasteiger partial charge in [-0.05, 0) is 332 Å². The first kappa shape index (κ1) is 99.5. The molecule has 0 aliphatic carbocycles. The fourth-order valence-corrected chi connectivity index (χ4v) is 48.1. The molecule has 1 atom stereocenters. The number of rotatable bonds is 40. The molecule has 20 heteroatoms. The molecule has 0 N–H and O–H groups in total. The highest BCUT2D eigenvalue weighted by atomic mass is 28.5. The van der Waals surface area contributed by atoms with Crippen molar-refractivity contribution in [1.29, 1.82) is 0 Å². The average Bonchev–Trinajstić information content (AvgIpc) is 0.754. The van der Waals surface area contributed by atoms with E-state index in [-0.39, 0.29) is 0 Å². The van der Waals surface area contributed by atoms with E-state index in [1.165, 1.54) is 0 Å². The van der Waals surface area contributed by atoms with E-state index in [2.05, 4.69) is 81.3 Å². The summed E-state index contributed by atoms with van der Waals surface area (Å²) in [7, 11) is -16.8. The number of esters is 5. The Kier molecular flexibility index (Phi) is 34.1. The summed E-state index contributed by atoms with van der Waals surface area (Å²) < 4.78 is 70.5. The van der Waals surface area contributed by atoms with E-state index in [1.54, 1.807) is 60.7 Å². The lowest BCUT2D eigenvalue weighted by molar-refractivity contribution is 0.0725. The third-order valence-electron chi connectivity index (χ3n) is 25.4. The second kappa shape index (κ2) is 47.9. The molecule has 0 amide bonds. The second-order valence-electron chi connectivity index (χ2n) is 37.2. The van der Waals surface area contributed by atoms with Gasteiger partial charge >= 0.3 is 72.7 Å². The van der Waals surface area contributed by atoms with Gasteiger partial charge in [0, 0.05) is 0 Å². The summed E-state index contributed by atoms with van der Waals surface area (Å²) in [6, 6.07) is 131. The summed E-state index contributed by atoms with van der Waals surface area (Å²) >= 11 is 0. The lowest BCUT2D eigenvalue weighted by Crippen LogP contribution is -2.67. The van der Waals surface area contributed by atoms with Gasteiger partial charge in [-0.15, -0.1) is 0 Å². The second-order valence-corrected chi connectivity index (χ2v) is 55.3. The molecule has 0 radical (unpaired) electrons. The largest absolute Gasteiger partial charge is 0.423 e. The first-order valence-electron chi connectivity index (χ1n) is 48.9. The number of ether oxygens (including phenoxy) is 5. The van der Waals surface area contributed by atoms with Crippen LogP contribution in [-0.4, -0.2) is 72.7 Å². The van der Waals surface area contributed by atoms with Crippen molar-refractivity contribution in [2.45, 2.75) is 159 Å². The van der Waals surface area contributed by atoms with Gasteiger partial charge in [0.15, 0.2) is 0 Å². The molecule has 15 aromatic rings. The fraction of sp³-hybridized carbons (Fsp3) is 0.208. The quantitative estimate of drug-likeness (QED) is 0.0153. The molecule has 0 saturated carbocycles. The molecule has 1 unspecified atom stereocenters. The SMILES string of the molecule is C[Si]1(C)O[Si](C)(C)O[Si](CCCCc2ccc(OC(=O)c3ccc(-c4ccccc4)cc3)cc2)(CCCCc2ccc(OC(=O)c3ccc(-c4ccccc4)cc3)cc2)O[Si](CCCCc2ccc(OC(=O)c3ccc(-c4ccccc4)cc3)cc2)(CCCCc2ccc(OC(=O)c3ccc(-c4ccccc4)cc3)cc2)O[Si](C)(CCCCc2ccc(OC(=O)c3ccc(-c4ccccc4)cc3)cc2)O1. The molecule has 1 fully saturated rings. The van der Waals surface area contributed by atoms with Crippen LogP contribution in [0.4, 0.5) is 0 Å². The summed E-state index contributed by atoms with van der Waals surface area (Å²) in [5.74, 6) is 0.170. The van der Waals surface area contributed by atoms with Gasteiger partial charge in [0.25, 0.3) is 0 Å². The van der Waals surface area contributed by atoms with Gasteiger partial charge in [-0.2, -0.15) is 0 Å². The minimum absolute atomic E-state index is 0.425. The third-order valence-corrected chi connectivity index (χ3v) is 48.4. The maximum Gasteiger partial charge on any atom is 0.343 e. The van der Waals surface area contributed by atoms with Crippen LogP contribution in [0.1, 0.15) is 144 Å². The van der Waals surface area contributed by atoms with Crippen molar-refractivity contribution >= 4 is 72.7 Å². The minimum Gasteiger partial charge on any atom is -0.423 e. The van der Waals surface area contributed by atoms with Gasteiger partial charge in [-0.25, -0.2) is 24.0 Å². The van der Waals surface area contributed by atoms with E-state index in [1.807, 2.05) is 285 Å². The van der Waals surface area contributed by atoms with E-state index >= 15 is 0 Å². The van der Waals surface area contributed by atoms with Crippen molar-refractivity contribution in [1.82, 2.24) is 0 Å². The van der Waals surface area contributed by atoms with Crippen LogP contribution >= 0.6 is 0 Å². The number of hydrogen-bond donors (Lipinski definition) is 0. The first-order chi connectivity index (χ1) is 68.1. The number of carbonyl (C=O) groups excluding carboxylic acids is 5. The van der Waals surface area contributed by atoms with E-state index in [0.29, 0.717) is 86.8 Å². The molecule has 15 aromatic carbocycles. The number of hydrogen-bond acceptors (Lipinski definition) is 15. The summed E-state index contributed by atoms with van der Waals surface area (Å²) in [6.45, 7) is 11.0. The van der Waals surface area contributed by atoms with E-state index in [4.69, 9.17) is 44.3 Å². The van der Waals surface area contributed by atoms with Crippen LogP contribution in [0.15, 0.2) is 394 Å². The van der Waals surface area contributed by atoms with Crippen molar-refractivity contribution in [3.8, 4) is 84.4 Å². The molecule has 1 heterocycles. The molecular weight excluding hydrogens is 1820 g/mol. The number of carbonyl (C=O) groups is 5. The van der Waals surface area contributed by atoms with Gasteiger partial charge < -0.3 is 44.3 Å². The Morgan fingerprint density at radius 2 is 0.371 bits per heavy atom. The molecule has 16 rings (SSSR count). The Balaban J connectivity index is 0.681. The lowest BCUT2D eigenvalue weighted by Gasteiger charge is -2.51. The Hall–Kier alpha value is -13.5. The molecular formula is C120H120O15Si5. The number of unbranched alkanes of at least 4 members (excludes halogenated alkanes) is 5. The molecule has 0 bridgehead atoms. The minimum atomic E-state index is -3.60. The third kappa shape index (κ3) is 28.9. The zero-order valence-corrected chi connectivity index (χ0v) is 85.3. The normalized spacial score (nSPS) is 14.7. The highest BCUT2D eigenvalue weighted by Gasteiger charge is 2.57. The van der Waals surface area contributed by atoms with E-state index in [9.17, 15) is 24.0 Å². The van der Waals surface area contributed by atoms with E-state index < -0.39 is 72.7 Å². The Morgan fingerprint density at radius 1 is 0.186 bits per heavy atom. The maximum absolute atomic E-state index is 13.7. The van der Waals surface area contributed by atoms with Crippen molar-refractivity contribution in [2.24, 2.45) is 0 Å². The lowest BCUT2D eigenvalue weighted by atomic mass is 10.0. The molecule has 0 spiro atoms. The summed E-state index contributed by atoms with van der Waals surface area (Å²) in [5.41, 5.74) is 18.2. The molecule has 140 heavy (non-hydrogen) atoms. The smallest absolute Gasteiger partial charge is 0.343 e. The van der Waals surface area contributed by atoms with Crippen LogP contribution in [0, 0.1) is 0 Å². The Morgan fingerprint density at radius 3 is 0.586 bits per heavy atom. The van der Waals surface area contributed by atoms with Crippen LogP contribution in [0.25, 0.3) is 55.6 Å². The fourth-order valence-electron chi connectivity index (χ4n) is 18.4. The van der Waals surface area contributed by atoms with Crippen molar-refractivity contribution in [2.75, 3.05) is 0 Å². The molecule has 0 aromatic heterocycles. The van der Waals surface area contributed by atoms with Gasteiger partial charge in [0.2, 0.25) is 0 Å². The highest BCUT2D eigenvalue weighted by Crippen LogP contribution is 2.43. The standard InChI is InChI=1S/C120H120O15Si5/c1-136(2)131-137(3,4)133-139(87-27-22-32-92-48-78-112(79-49-92)127-117(122)107-68-58-102(59-69-107)97-38-13-7-14-39-97,88-28-23-33-93-50-80-113(81-51-93)128-118(123)108-70-60-103(61-71-108)98-40-15-8-16-41-98)135-140(89-29-24-34-94-52-82-114(83-53-94)129-119(124)109-72-62-104(63-73-109)99-42-17-9-18-43-99,90-30-25-35-95-54-84-115(85-55-95)130-120(125)110-74-64-105(65-75-110)100-44-19-10-20-45-100)134-138(5,132-136)86-26-21-31-91-46-76-111(77-47-91)126-116(121)106-66-56-101(57-67-106)96-36-11-6-12-37-96/h6-20,36-85H,21-35,86-90H2,1-5H3. The van der Waals surface area contributed by atoms with E-state index in [0.717, 1.165) is 180 Å². The maximum atomic E-state index is 13.7. The molecule has 1 aliphatic heterocycles. The molecule has 710 valence electrons. The average molecular weight is 1940 g/mol. The van der Waals surface area contributed by atoms with Gasteiger partial charge in [-0.3, -0.25) is 0 Å². The summed E-state index contributed by atoms with van der Waals surface area (Å²) in [4.78, 5) is 68.2. The Labute approximate surface area is 828 Å². The van der Waals surface area contributed by atoms with Gasteiger partial charge in [0.05, 0.1) is 27.8 Å². The van der Waals surface area contributed by atoms with Crippen LogP contribution in [0.3, 0.4) is 0 Å². The monoisotopic (exact) mass is 1940 g/mol. The Bertz CT molecular complexity index is 6230. The van der Waals surface area contributed by atoms with Crippen LogP contribution in [-0.2, 0) is 52.7 Å². The highest BCUT2D eigenvalue weighted by molar-refractivity contribution is 6.94. The molecule has 15 nitrogen and oxygen atoms in total. The van der Waals surface area contributed by atoms with Gasteiger partial charge in [-0.1, -0.05) is 305 Å². The number of aryl methyl sites for hydroxylation is 5. The number of benzene rings is 15. The van der Waals surface area contributed by atoms with Crippen molar-refractivity contribution in [3.05, 3.63) is 450 Å². The summed E-state index contributed by atoms with van der Waals surface area (Å²) in [5, 5.41) is 0. The molecule has 1 aliphatic rings. The molecule has 1 saturated heterocycles. The van der Waals surface area contributed by atoms with Crippen molar-refractivity contribution < 1.29 is 68.2 Å². The summed E-state index contributed by atoms with van der Waals surface area (Å²) in [6.07, 6.45) is 11.7. The first-order valence-corrected chi connectivity index (χ1v) is 61.5.